The third-order valence-corrected chi connectivity index (χ3v) is 5.34. The summed E-state index contributed by atoms with van der Waals surface area (Å²) in [5.41, 5.74) is -0.461. The Balaban J connectivity index is 1.90. The number of rotatable bonds is 8. The van der Waals surface area contributed by atoms with E-state index in [0.717, 1.165) is 6.39 Å². The number of amides is 1. The number of aromatic nitrogens is 1. The van der Waals surface area contributed by atoms with Crippen LogP contribution in [0.15, 0.2) is 10.8 Å². The molecule has 1 aliphatic heterocycles. The third kappa shape index (κ3) is 6.18. The lowest BCUT2D eigenvalue weighted by atomic mass is 9.87. The van der Waals surface area contributed by atoms with E-state index in [-0.39, 0.29) is 25.3 Å². The predicted octanol–water partition coefficient (Wildman–Crippen LogP) is 0.905. The van der Waals surface area contributed by atoms with Crippen molar-refractivity contribution in [1.82, 2.24) is 10.3 Å². The fraction of sp³-hybridized carbons (Fsp3) is 0.625. The van der Waals surface area contributed by atoms with Gasteiger partial charge in [-0.2, -0.15) is 0 Å². The minimum atomic E-state index is -3.93. The van der Waals surface area contributed by atoms with Crippen molar-refractivity contribution in [2.75, 3.05) is 27.1 Å². The second-order valence-electron chi connectivity index (χ2n) is 6.78. The first kappa shape index (κ1) is 23.2. The van der Waals surface area contributed by atoms with Crippen molar-refractivity contribution >= 4 is 26.0 Å². The zero-order valence-corrected chi connectivity index (χ0v) is 17.4. The van der Waals surface area contributed by atoms with Crippen LogP contribution in [0.4, 0.5) is 0 Å². The Morgan fingerprint density at radius 1 is 1.41 bits per heavy atom. The fourth-order valence-corrected chi connectivity index (χ4v) is 3.82. The van der Waals surface area contributed by atoms with Gasteiger partial charge in [0, 0.05) is 12.0 Å². The lowest BCUT2D eigenvalue weighted by Crippen LogP contribution is -2.50. The van der Waals surface area contributed by atoms with E-state index in [0.29, 0.717) is 5.69 Å². The van der Waals surface area contributed by atoms with Gasteiger partial charge in [0.25, 0.3) is 0 Å². The highest BCUT2D eigenvalue weighted by Crippen LogP contribution is 2.63. The van der Waals surface area contributed by atoms with Crippen LogP contribution in [0.1, 0.15) is 36.5 Å². The molecule has 29 heavy (non-hydrogen) atoms. The van der Waals surface area contributed by atoms with Gasteiger partial charge in [0.15, 0.2) is 12.5 Å². The first-order valence-corrected chi connectivity index (χ1v) is 10.1. The molecule has 1 aromatic rings. The van der Waals surface area contributed by atoms with Crippen LogP contribution in [0.5, 0.6) is 0 Å². The second-order valence-corrected chi connectivity index (χ2v) is 8.44. The normalized spacial score (nSPS) is 23.3. The molecule has 2 atom stereocenters. The summed E-state index contributed by atoms with van der Waals surface area (Å²) in [6.07, 6.45) is -0.0511. The Kier molecular flexibility index (Phi) is 7.66. The molecule has 12 nitrogen and oxygen atoms in total. The molecule has 0 aromatic carbocycles. The summed E-state index contributed by atoms with van der Waals surface area (Å²) in [6, 6.07) is 0. The second kappa shape index (κ2) is 9.59. The summed E-state index contributed by atoms with van der Waals surface area (Å²) in [5.74, 6) is -1.98. The first-order valence-electron chi connectivity index (χ1n) is 8.59. The molecule has 1 amide bonds. The SMILES string of the molecule is COC(=O)CCNC(=O)[C@@H]1O[P](O)(OCOC(=O)c2ocnc2C)OCC1(C)C. The van der Waals surface area contributed by atoms with Gasteiger partial charge in [-0.1, -0.05) is 13.8 Å². The van der Waals surface area contributed by atoms with Crippen LogP contribution in [0.25, 0.3) is 0 Å². The number of oxazole rings is 1. The van der Waals surface area contributed by atoms with Crippen molar-refractivity contribution in [2.24, 2.45) is 5.41 Å². The number of hydrogen-bond donors (Lipinski definition) is 2. The van der Waals surface area contributed by atoms with E-state index in [1.807, 2.05) is 0 Å². The van der Waals surface area contributed by atoms with Gasteiger partial charge in [0.05, 0.1) is 25.8 Å². The fourth-order valence-electron chi connectivity index (χ4n) is 2.29. The van der Waals surface area contributed by atoms with Gasteiger partial charge in [-0.05, 0) is 6.92 Å². The Morgan fingerprint density at radius 2 is 2.14 bits per heavy atom. The van der Waals surface area contributed by atoms with Gasteiger partial charge in [-0.15, -0.1) is 0 Å². The topological polar surface area (TPSA) is 156 Å². The van der Waals surface area contributed by atoms with Crippen LogP contribution in [0.3, 0.4) is 0 Å². The van der Waals surface area contributed by atoms with Crippen LogP contribution in [-0.4, -0.2) is 60.9 Å². The van der Waals surface area contributed by atoms with E-state index in [2.05, 4.69) is 15.0 Å². The van der Waals surface area contributed by atoms with E-state index in [4.69, 9.17) is 22.7 Å². The van der Waals surface area contributed by atoms with E-state index in [9.17, 15) is 19.3 Å². The average molecular weight is 435 g/mol. The number of esters is 2. The average Bonchev–Trinajstić information content (AvgIpc) is 3.09. The van der Waals surface area contributed by atoms with Gasteiger partial charge < -0.3 is 24.1 Å². The van der Waals surface area contributed by atoms with Gasteiger partial charge in [0.2, 0.25) is 18.5 Å². The Bertz CT molecular complexity index is 752. The first-order chi connectivity index (χ1) is 13.6. The number of nitrogens with one attached hydrogen (secondary N) is 1. The molecule has 1 aliphatic rings. The number of carbonyl (C=O) groups is 3. The number of carbonyl (C=O) groups excluding carboxylic acids is 3. The molecule has 0 spiro atoms. The van der Waals surface area contributed by atoms with E-state index in [1.54, 1.807) is 20.8 Å². The smallest absolute Gasteiger partial charge is 0.381 e. The van der Waals surface area contributed by atoms with Gasteiger partial charge in [-0.25, -0.2) is 9.78 Å². The van der Waals surface area contributed by atoms with Gasteiger partial charge >= 0.3 is 20.1 Å². The molecule has 1 fully saturated rings. The summed E-state index contributed by atoms with van der Waals surface area (Å²) in [7, 11) is -2.69. The molecular formula is C16H24N2O10P. The lowest BCUT2D eigenvalue weighted by Gasteiger charge is -2.43. The Morgan fingerprint density at radius 3 is 2.76 bits per heavy atom. The minimum absolute atomic E-state index is 0.0151. The van der Waals surface area contributed by atoms with Crippen molar-refractivity contribution in [2.45, 2.75) is 33.3 Å². The largest absolute Gasteiger partial charge is 0.469 e. The Labute approximate surface area is 167 Å². The molecule has 1 saturated heterocycles. The zero-order chi connectivity index (χ0) is 21.7. The van der Waals surface area contributed by atoms with Crippen LogP contribution in [0.2, 0.25) is 0 Å². The maximum absolute atomic E-state index is 12.4. The number of methoxy groups -OCH3 is 1. The zero-order valence-electron chi connectivity index (χ0n) is 16.5. The monoisotopic (exact) mass is 435 g/mol. The van der Waals surface area contributed by atoms with Crippen molar-refractivity contribution in [3.63, 3.8) is 0 Å². The standard InChI is InChI=1S/C16H24N2O10P/c1-10-12(24-8-18-10)15(21)25-9-27-29(22)26-7-16(2,3)13(28-29)14(20)17-6-5-11(19)23-4/h8,13,22H,5-7,9H2,1-4H3,(H,17,20)/t13-/m0/s1. The number of nitrogens with zero attached hydrogens (tertiary/aromatic N) is 1. The molecule has 163 valence electrons. The van der Waals surface area contributed by atoms with Gasteiger partial charge in [-0.3, -0.25) is 23.2 Å². The van der Waals surface area contributed by atoms with Crippen molar-refractivity contribution in [3.8, 4) is 0 Å². The lowest BCUT2D eigenvalue weighted by molar-refractivity contribution is -0.146. The molecular weight excluding hydrogens is 411 g/mol. The van der Waals surface area contributed by atoms with Crippen molar-refractivity contribution in [3.05, 3.63) is 17.8 Å². The van der Waals surface area contributed by atoms with Crippen LogP contribution in [-0.2, 0) is 32.6 Å². The Hall–Kier alpha value is -2.11. The number of ether oxygens (including phenoxy) is 2. The molecule has 0 aliphatic carbocycles. The molecule has 0 saturated carbocycles. The highest BCUT2D eigenvalue weighted by atomic mass is 31.2. The highest BCUT2D eigenvalue weighted by Gasteiger charge is 2.50. The van der Waals surface area contributed by atoms with E-state index < -0.39 is 44.3 Å². The molecule has 1 aromatic heterocycles. The highest BCUT2D eigenvalue weighted by molar-refractivity contribution is 7.55. The third-order valence-electron chi connectivity index (χ3n) is 3.98. The van der Waals surface area contributed by atoms with Crippen LogP contribution >= 0.6 is 8.17 Å². The summed E-state index contributed by atoms with van der Waals surface area (Å²) >= 11 is 0. The van der Waals surface area contributed by atoms with Crippen LogP contribution < -0.4 is 5.32 Å². The van der Waals surface area contributed by atoms with E-state index in [1.165, 1.54) is 7.11 Å². The minimum Gasteiger partial charge on any atom is -0.469 e. The summed E-state index contributed by atoms with van der Waals surface area (Å²) in [6.45, 7) is 4.25. The van der Waals surface area contributed by atoms with Crippen molar-refractivity contribution < 1.29 is 46.7 Å². The molecule has 1 radical (unpaired) electrons. The predicted molar refractivity (Wildman–Crippen MR) is 96.0 cm³/mol. The molecule has 1 unspecified atom stereocenters. The maximum Gasteiger partial charge on any atom is 0.381 e. The quantitative estimate of drug-likeness (QED) is 0.340. The summed E-state index contributed by atoms with van der Waals surface area (Å²) in [4.78, 5) is 49.7. The maximum atomic E-state index is 12.4. The van der Waals surface area contributed by atoms with Crippen molar-refractivity contribution in [1.29, 1.82) is 0 Å². The number of aryl methyl sites for hydroxylation is 1. The van der Waals surface area contributed by atoms with E-state index >= 15 is 0 Å². The summed E-state index contributed by atoms with van der Waals surface area (Å²) in [5, 5.41) is 2.54. The molecule has 2 rings (SSSR count). The molecule has 2 heterocycles. The number of hydrogen-bond acceptors (Lipinski definition) is 11. The van der Waals surface area contributed by atoms with Crippen LogP contribution in [0, 0.1) is 12.3 Å². The molecule has 13 heteroatoms. The van der Waals surface area contributed by atoms with Gasteiger partial charge in [0.1, 0.15) is 0 Å². The molecule has 2 N–H and O–H groups in total. The summed E-state index contributed by atoms with van der Waals surface area (Å²) < 4.78 is 30.0. The molecule has 0 bridgehead atoms.